The van der Waals surface area contributed by atoms with Gasteiger partial charge in [0, 0.05) is 36.9 Å². The highest BCUT2D eigenvalue weighted by molar-refractivity contribution is 9.11. The highest BCUT2D eigenvalue weighted by Gasteiger charge is 1.89. The van der Waals surface area contributed by atoms with Crippen molar-refractivity contribution in [3.05, 3.63) is 121 Å². The molecule has 0 unspecified atom stereocenters. The van der Waals surface area contributed by atoms with Gasteiger partial charge in [-0.25, -0.2) is 19.9 Å². The van der Waals surface area contributed by atoms with E-state index < -0.39 is 0 Å². The van der Waals surface area contributed by atoms with Crippen molar-refractivity contribution in [2.75, 3.05) is 0 Å². The summed E-state index contributed by atoms with van der Waals surface area (Å²) in [5.74, 6) is 0. The van der Waals surface area contributed by atoms with Gasteiger partial charge in [0.2, 0.25) is 0 Å². The van der Waals surface area contributed by atoms with Crippen molar-refractivity contribution in [3.63, 3.8) is 0 Å². The summed E-state index contributed by atoms with van der Waals surface area (Å²) in [6, 6.07) is 15.1. The highest BCUT2D eigenvalue weighted by Crippen LogP contribution is 2.07. The molecule has 4 heterocycles. The van der Waals surface area contributed by atoms with Crippen molar-refractivity contribution in [2.24, 2.45) is 5.73 Å². The lowest BCUT2D eigenvalue weighted by Gasteiger charge is -1.92. The number of carbonyl (C=O) groups is 1. The summed E-state index contributed by atoms with van der Waals surface area (Å²) >= 11 is 12.9. The number of hydrogen-bond acceptors (Lipinski definition) is 6. The smallest absolute Gasteiger partial charge is 0.151 e. The summed E-state index contributed by atoms with van der Waals surface area (Å²) < 4.78 is 3.35. The number of hydrogen-bond donors (Lipinski definition) is 1. The summed E-state index contributed by atoms with van der Waals surface area (Å²) in [4.78, 5) is 25.9. The Morgan fingerprint density at radius 3 is 1.42 bits per heavy atom. The Morgan fingerprint density at radius 2 is 1.11 bits per heavy atom. The van der Waals surface area contributed by atoms with E-state index in [1.54, 1.807) is 30.6 Å². The second kappa shape index (κ2) is 19.1. The van der Waals surface area contributed by atoms with Crippen LogP contribution in [0.3, 0.4) is 0 Å². The predicted molar refractivity (Wildman–Crippen MR) is 160 cm³/mol. The lowest BCUT2D eigenvalue weighted by molar-refractivity contribution is 0.112. The fraction of sp³-hybridized carbons (Fsp3) is 0.115. The third kappa shape index (κ3) is 14.4. The third-order valence-corrected chi connectivity index (χ3v) is 5.97. The van der Waals surface area contributed by atoms with Crippen LogP contribution in [0, 0.1) is 0 Å². The van der Waals surface area contributed by atoms with Crippen molar-refractivity contribution < 1.29 is 4.79 Å². The average molecular weight is 743 g/mol. The Hall–Kier alpha value is -2.11. The van der Waals surface area contributed by atoms with Crippen molar-refractivity contribution >= 4 is 76.1 Å². The zero-order valence-corrected chi connectivity index (χ0v) is 25.8. The van der Waals surface area contributed by atoms with Crippen LogP contribution < -0.4 is 5.73 Å². The standard InChI is InChI=1S/C7H8BrN.C7H6BrN.C6H7BrN2.C6H4BrNO/c2*1-2-6-3-4-7(8)9-5-6;7-6-2-1-5(3-8)4-9-6;7-6-2-1-5(4-9)3-8-6/h3-5H,2H2,1H3;2-5H,1H2;1-2,4H,3,8H2;1-4H. The number of nitrogens with two attached hydrogens (primary N) is 1. The molecule has 0 aliphatic carbocycles. The molecule has 0 fully saturated rings. The second-order valence-electron chi connectivity index (χ2n) is 6.69. The van der Waals surface area contributed by atoms with E-state index in [9.17, 15) is 4.79 Å². The van der Waals surface area contributed by atoms with Crippen LogP contribution in [0.2, 0.25) is 0 Å². The van der Waals surface area contributed by atoms with Gasteiger partial charge in [-0.15, -0.1) is 0 Å². The predicted octanol–water partition coefficient (Wildman–Crippen LogP) is 7.85. The lowest BCUT2D eigenvalue weighted by atomic mass is 10.2. The molecule has 4 aromatic heterocycles. The molecule has 4 rings (SSSR count). The van der Waals surface area contributed by atoms with E-state index in [1.807, 2.05) is 36.5 Å². The molecule has 0 aliphatic rings. The third-order valence-electron chi connectivity index (χ3n) is 4.09. The lowest BCUT2D eigenvalue weighted by Crippen LogP contribution is -1.95. The number of aldehydes is 1. The quantitative estimate of drug-likeness (QED) is 0.169. The van der Waals surface area contributed by atoms with E-state index in [-0.39, 0.29) is 0 Å². The van der Waals surface area contributed by atoms with E-state index >= 15 is 0 Å². The van der Waals surface area contributed by atoms with Gasteiger partial charge >= 0.3 is 0 Å². The first-order valence-corrected chi connectivity index (χ1v) is 13.7. The summed E-state index contributed by atoms with van der Waals surface area (Å²) in [6.45, 7) is 6.28. The van der Waals surface area contributed by atoms with Gasteiger partial charge in [-0.3, -0.25) is 4.79 Å². The monoisotopic (exact) mass is 739 g/mol. The maximum atomic E-state index is 10.1. The van der Waals surface area contributed by atoms with E-state index in [2.05, 4.69) is 103 Å². The summed E-state index contributed by atoms with van der Waals surface area (Å²) in [7, 11) is 0. The molecular formula is C26H25Br4N5O. The largest absolute Gasteiger partial charge is 0.326 e. The van der Waals surface area contributed by atoms with Crippen LogP contribution in [0.25, 0.3) is 6.08 Å². The SMILES string of the molecule is C=Cc1ccc(Br)nc1.CCc1ccc(Br)nc1.NCc1ccc(Br)nc1.O=Cc1ccc(Br)nc1. The fourth-order valence-electron chi connectivity index (χ4n) is 2.11. The summed E-state index contributed by atoms with van der Waals surface area (Å²) in [6.07, 6.45) is 10.5. The molecule has 10 heteroatoms. The molecule has 0 saturated heterocycles. The number of aromatic nitrogens is 4. The maximum absolute atomic E-state index is 10.1. The number of pyridine rings is 4. The molecule has 0 radical (unpaired) electrons. The fourth-order valence-corrected chi connectivity index (χ4v) is 3.05. The van der Waals surface area contributed by atoms with E-state index in [0.717, 1.165) is 42.2 Å². The van der Waals surface area contributed by atoms with Crippen LogP contribution in [-0.4, -0.2) is 26.2 Å². The summed E-state index contributed by atoms with van der Waals surface area (Å²) in [5.41, 5.74) is 9.31. The molecule has 0 saturated carbocycles. The van der Waals surface area contributed by atoms with Gasteiger partial charge in [0.25, 0.3) is 0 Å². The number of rotatable bonds is 4. The molecule has 0 spiro atoms. The highest BCUT2D eigenvalue weighted by atomic mass is 79.9. The minimum Gasteiger partial charge on any atom is -0.326 e. The Labute approximate surface area is 245 Å². The molecule has 6 nitrogen and oxygen atoms in total. The molecule has 0 aromatic carbocycles. The van der Waals surface area contributed by atoms with E-state index in [1.165, 1.54) is 11.8 Å². The van der Waals surface area contributed by atoms with Crippen molar-refractivity contribution in [1.29, 1.82) is 0 Å². The number of aryl methyl sites for hydroxylation is 1. The van der Waals surface area contributed by atoms with Gasteiger partial charge in [0.1, 0.15) is 18.4 Å². The Morgan fingerprint density at radius 1 is 0.694 bits per heavy atom. The molecule has 2 N–H and O–H groups in total. The van der Waals surface area contributed by atoms with Crippen LogP contribution in [0.5, 0.6) is 0 Å². The molecule has 0 bridgehead atoms. The number of halogens is 4. The minimum atomic E-state index is 0.556. The van der Waals surface area contributed by atoms with Gasteiger partial charge in [-0.1, -0.05) is 37.8 Å². The second-order valence-corrected chi connectivity index (χ2v) is 9.94. The van der Waals surface area contributed by atoms with E-state index in [0.29, 0.717) is 12.1 Å². The first-order valence-electron chi connectivity index (χ1n) is 10.5. The number of nitrogens with zero attached hydrogens (tertiary/aromatic N) is 4. The van der Waals surface area contributed by atoms with Crippen LogP contribution in [0.1, 0.15) is 34.0 Å². The van der Waals surface area contributed by atoms with Gasteiger partial charge in [0.05, 0.1) is 0 Å². The van der Waals surface area contributed by atoms with Crippen molar-refractivity contribution in [2.45, 2.75) is 19.9 Å². The zero-order valence-electron chi connectivity index (χ0n) is 19.5. The first kappa shape index (κ1) is 31.9. The molecule has 188 valence electrons. The van der Waals surface area contributed by atoms with Gasteiger partial charge in [-0.2, -0.15) is 0 Å². The molecule has 0 amide bonds. The topological polar surface area (TPSA) is 94.6 Å². The van der Waals surface area contributed by atoms with Gasteiger partial charge in [0.15, 0.2) is 6.29 Å². The molecule has 4 aromatic rings. The minimum absolute atomic E-state index is 0.556. The zero-order chi connectivity index (χ0) is 26.8. The van der Waals surface area contributed by atoms with Crippen molar-refractivity contribution in [3.8, 4) is 0 Å². The van der Waals surface area contributed by atoms with Crippen LogP contribution in [0.4, 0.5) is 0 Å². The molecule has 36 heavy (non-hydrogen) atoms. The first-order chi connectivity index (χ1) is 17.3. The Bertz CT molecular complexity index is 1060. The number of carbonyl (C=O) groups excluding carboxylic acids is 1. The Balaban J connectivity index is 0.000000240. The maximum Gasteiger partial charge on any atom is 0.151 e. The summed E-state index contributed by atoms with van der Waals surface area (Å²) in [5, 5.41) is 0. The Kier molecular flexibility index (Phi) is 16.9. The molecule has 0 aliphatic heterocycles. The van der Waals surface area contributed by atoms with Crippen molar-refractivity contribution in [1.82, 2.24) is 19.9 Å². The normalized spacial score (nSPS) is 9.28. The van der Waals surface area contributed by atoms with Crippen LogP contribution in [-0.2, 0) is 13.0 Å². The molecular weight excluding hydrogens is 718 g/mol. The van der Waals surface area contributed by atoms with Crippen LogP contribution in [0.15, 0.2) is 98.3 Å². The van der Waals surface area contributed by atoms with Crippen LogP contribution >= 0.6 is 63.7 Å². The average Bonchev–Trinajstić information content (AvgIpc) is 2.92. The van der Waals surface area contributed by atoms with Gasteiger partial charge < -0.3 is 5.73 Å². The molecule has 0 atom stereocenters. The van der Waals surface area contributed by atoms with Gasteiger partial charge in [-0.05, 0) is 117 Å². The van der Waals surface area contributed by atoms with E-state index in [4.69, 9.17) is 5.73 Å².